The normalized spacial score (nSPS) is 10.6. The summed E-state index contributed by atoms with van der Waals surface area (Å²) in [6.45, 7) is 2.75. The molecular weight excluding hydrogens is 236 g/mol. The van der Waals surface area contributed by atoms with E-state index >= 15 is 0 Å². The third-order valence-electron chi connectivity index (χ3n) is 2.70. The Morgan fingerprint density at radius 1 is 1.28 bits per heavy atom. The van der Waals surface area contributed by atoms with Crippen molar-refractivity contribution in [2.24, 2.45) is 0 Å². The fourth-order valence-electron chi connectivity index (χ4n) is 1.81. The van der Waals surface area contributed by atoms with Gasteiger partial charge in [0, 0.05) is 12.5 Å². The lowest BCUT2D eigenvalue weighted by atomic mass is 10.1. The number of carboxylic acids is 1. The summed E-state index contributed by atoms with van der Waals surface area (Å²) in [7, 11) is 0. The first kappa shape index (κ1) is 12.0. The molecule has 0 aliphatic carbocycles. The molecular formula is C13H10O5. The Morgan fingerprint density at radius 3 is 2.50 bits per heavy atom. The van der Waals surface area contributed by atoms with Crippen LogP contribution in [0.2, 0.25) is 0 Å². The maximum absolute atomic E-state index is 12.0. The van der Waals surface area contributed by atoms with Gasteiger partial charge < -0.3 is 9.52 Å². The minimum atomic E-state index is -1.21. The zero-order valence-corrected chi connectivity index (χ0v) is 9.81. The fraction of sp³-hybridized carbons (Fsp3) is 0.154. The van der Waals surface area contributed by atoms with Gasteiger partial charge in [0.15, 0.2) is 22.6 Å². The summed E-state index contributed by atoms with van der Waals surface area (Å²) in [6.07, 6.45) is 0. The number of hydrogen-bond acceptors (Lipinski definition) is 4. The van der Waals surface area contributed by atoms with Crippen LogP contribution in [0.25, 0.3) is 11.0 Å². The summed E-state index contributed by atoms with van der Waals surface area (Å²) >= 11 is 0. The molecule has 0 saturated heterocycles. The first-order chi connectivity index (χ1) is 8.43. The third-order valence-corrected chi connectivity index (χ3v) is 2.70. The van der Waals surface area contributed by atoms with Crippen LogP contribution in [0.1, 0.15) is 33.4 Å². The molecule has 0 unspecified atom stereocenters. The largest absolute Gasteiger partial charge is 0.478 e. The number of benzene rings is 1. The molecule has 2 aromatic rings. The molecule has 0 aliphatic heterocycles. The number of hydrogen-bond donors (Lipinski definition) is 1. The van der Waals surface area contributed by atoms with Crippen molar-refractivity contribution in [3.8, 4) is 0 Å². The summed E-state index contributed by atoms with van der Waals surface area (Å²) in [5, 5.41) is 9.19. The van der Waals surface area contributed by atoms with Crippen LogP contribution >= 0.6 is 0 Å². The Labute approximate surface area is 102 Å². The number of para-hydroxylation sites is 1. The number of carbonyl (C=O) groups is 2. The van der Waals surface area contributed by atoms with Gasteiger partial charge in [-0.05, 0) is 19.1 Å². The summed E-state index contributed by atoms with van der Waals surface area (Å²) in [4.78, 5) is 34.4. The Kier molecular flexibility index (Phi) is 2.74. The second-order valence-electron chi connectivity index (χ2n) is 3.93. The minimum Gasteiger partial charge on any atom is -0.478 e. The van der Waals surface area contributed by atoms with Crippen LogP contribution in [0.4, 0.5) is 0 Å². The van der Waals surface area contributed by atoms with Gasteiger partial charge in [-0.15, -0.1) is 0 Å². The van der Waals surface area contributed by atoms with Crippen LogP contribution < -0.4 is 5.43 Å². The number of rotatable bonds is 2. The van der Waals surface area contributed by atoms with Gasteiger partial charge in [-0.25, -0.2) is 4.79 Å². The number of ketones is 1. The SMILES string of the molecule is CC(=O)c1oc2c(C(=O)O)cccc2c(=O)c1C. The van der Waals surface area contributed by atoms with E-state index in [0.717, 1.165) is 0 Å². The van der Waals surface area contributed by atoms with Crippen molar-refractivity contribution in [2.45, 2.75) is 13.8 Å². The van der Waals surface area contributed by atoms with E-state index in [9.17, 15) is 14.4 Å². The van der Waals surface area contributed by atoms with Crippen molar-refractivity contribution >= 4 is 22.7 Å². The highest BCUT2D eigenvalue weighted by molar-refractivity contribution is 6.02. The molecule has 1 N–H and O–H groups in total. The molecule has 1 aromatic carbocycles. The van der Waals surface area contributed by atoms with Crippen molar-refractivity contribution < 1.29 is 19.1 Å². The topological polar surface area (TPSA) is 84.6 Å². The summed E-state index contributed by atoms with van der Waals surface area (Å²) in [6, 6.07) is 4.27. The Morgan fingerprint density at radius 2 is 1.94 bits per heavy atom. The van der Waals surface area contributed by atoms with E-state index in [1.54, 1.807) is 0 Å². The molecule has 0 spiro atoms. The van der Waals surface area contributed by atoms with Crippen molar-refractivity contribution in [2.75, 3.05) is 0 Å². The number of carbonyl (C=O) groups excluding carboxylic acids is 1. The number of carboxylic acid groups (broad SMARTS) is 1. The summed E-state index contributed by atoms with van der Waals surface area (Å²) in [5.41, 5.74) is -0.389. The molecule has 5 nitrogen and oxygen atoms in total. The molecule has 1 heterocycles. The first-order valence-electron chi connectivity index (χ1n) is 5.24. The number of aromatic carboxylic acids is 1. The molecule has 92 valence electrons. The van der Waals surface area contributed by atoms with Crippen LogP contribution in [-0.2, 0) is 0 Å². The highest BCUT2D eigenvalue weighted by Gasteiger charge is 2.18. The lowest BCUT2D eigenvalue weighted by molar-refractivity contribution is 0.0697. The molecule has 0 saturated carbocycles. The molecule has 1 aromatic heterocycles. The van der Waals surface area contributed by atoms with Crippen LogP contribution in [0.15, 0.2) is 27.4 Å². The molecule has 18 heavy (non-hydrogen) atoms. The fourth-order valence-corrected chi connectivity index (χ4v) is 1.81. The lowest BCUT2D eigenvalue weighted by Gasteiger charge is -2.05. The van der Waals surface area contributed by atoms with Crippen molar-refractivity contribution in [1.29, 1.82) is 0 Å². The average Bonchev–Trinajstić information content (AvgIpc) is 2.32. The van der Waals surface area contributed by atoms with E-state index in [0.29, 0.717) is 0 Å². The molecule has 0 aliphatic rings. The predicted octanol–water partition coefficient (Wildman–Crippen LogP) is 2.00. The van der Waals surface area contributed by atoms with Crippen LogP contribution in [-0.4, -0.2) is 16.9 Å². The Hall–Kier alpha value is -2.43. The Bertz CT molecular complexity index is 724. The summed E-state index contributed by atoms with van der Waals surface area (Å²) in [5.74, 6) is -1.71. The van der Waals surface area contributed by atoms with Gasteiger partial charge >= 0.3 is 5.97 Å². The maximum atomic E-state index is 12.0. The van der Waals surface area contributed by atoms with E-state index in [4.69, 9.17) is 9.52 Å². The van der Waals surface area contributed by atoms with Gasteiger partial charge in [-0.3, -0.25) is 9.59 Å². The van der Waals surface area contributed by atoms with Crippen LogP contribution in [0, 0.1) is 6.92 Å². The molecule has 0 atom stereocenters. The minimum absolute atomic E-state index is 0.0641. The molecule has 5 heteroatoms. The smallest absolute Gasteiger partial charge is 0.339 e. The highest BCUT2D eigenvalue weighted by atomic mass is 16.4. The maximum Gasteiger partial charge on any atom is 0.339 e. The van der Waals surface area contributed by atoms with Crippen molar-refractivity contribution in [3.63, 3.8) is 0 Å². The lowest BCUT2D eigenvalue weighted by Crippen LogP contribution is -2.13. The summed E-state index contributed by atoms with van der Waals surface area (Å²) < 4.78 is 5.30. The standard InChI is InChI=1S/C13H10O5/c1-6-10(15)8-4-3-5-9(13(16)17)12(8)18-11(6)7(2)14/h3-5H,1-2H3,(H,16,17). The quantitative estimate of drug-likeness (QED) is 0.819. The second kappa shape index (κ2) is 4.10. The zero-order valence-electron chi connectivity index (χ0n) is 9.81. The van der Waals surface area contributed by atoms with Gasteiger partial charge in [0.2, 0.25) is 0 Å². The van der Waals surface area contributed by atoms with Crippen LogP contribution in [0.5, 0.6) is 0 Å². The highest BCUT2D eigenvalue weighted by Crippen LogP contribution is 2.20. The van der Waals surface area contributed by atoms with E-state index in [2.05, 4.69) is 0 Å². The number of Topliss-reactive ketones (excluding diaryl/α,β-unsaturated/α-hetero) is 1. The molecule has 0 bridgehead atoms. The van der Waals surface area contributed by atoms with E-state index in [1.807, 2.05) is 0 Å². The second-order valence-corrected chi connectivity index (χ2v) is 3.93. The van der Waals surface area contributed by atoms with Gasteiger partial charge in [0.25, 0.3) is 0 Å². The van der Waals surface area contributed by atoms with Crippen molar-refractivity contribution in [3.05, 3.63) is 45.3 Å². The van der Waals surface area contributed by atoms with E-state index < -0.39 is 11.8 Å². The van der Waals surface area contributed by atoms with E-state index in [1.165, 1.54) is 32.0 Å². The molecule has 0 fully saturated rings. The van der Waals surface area contributed by atoms with Gasteiger partial charge in [-0.1, -0.05) is 6.07 Å². The first-order valence-corrected chi connectivity index (χ1v) is 5.24. The zero-order chi connectivity index (χ0) is 13.4. The van der Waals surface area contributed by atoms with Crippen molar-refractivity contribution in [1.82, 2.24) is 0 Å². The molecule has 0 radical (unpaired) electrons. The third kappa shape index (κ3) is 1.69. The molecule has 0 amide bonds. The van der Waals surface area contributed by atoms with Crippen LogP contribution in [0.3, 0.4) is 0 Å². The predicted molar refractivity (Wildman–Crippen MR) is 64.2 cm³/mol. The molecule has 2 rings (SSSR count). The van der Waals surface area contributed by atoms with Gasteiger partial charge in [0.05, 0.1) is 5.39 Å². The van der Waals surface area contributed by atoms with E-state index in [-0.39, 0.29) is 33.3 Å². The van der Waals surface area contributed by atoms with Gasteiger partial charge in [-0.2, -0.15) is 0 Å². The van der Waals surface area contributed by atoms with Gasteiger partial charge in [0.1, 0.15) is 5.56 Å². The Balaban J connectivity index is 3.01. The number of fused-ring (bicyclic) bond motifs is 1. The average molecular weight is 246 g/mol. The monoisotopic (exact) mass is 246 g/mol.